The fourth-order valence-electron chi connectivity index (χ4n) is 4.95. The largest absolute Gasteiger partial charge is 0.573 e. The zero-order chi connectivity index (χ0) is 27.8. The molecule has 1 atom stereocenters. The van der Waals surface area contributed by atoms with E-state index in [0.29, 0.717) is 18.3 Å². The minimum Gasteiger partial charge on any atom is -0.489 e. The van der Waals surface area contributed by atoms with Crippen LogP contribution >= 0.6 is 0 Å². The molecule has 0 aliphatic carbocycles. The number of anilines is 2. The van der Waals surface area contributed by atoms with Gasteiger partial charge in [0.25, 0.3) is 0 Å². The number of aromatic nitrogens is 2. The number of piperidine rings is 1. The van der Waals surface area contributed by atoms with Gasteiger partial charge in [-0.25, -0.2) is 0 Å². The molecular weight excluding hydrogens is 519 g/mol. The lowest BCUT2D eigenvalue weighted by molar-refractivity contribution is -0.389. The van der Waals surface area contributed by atoms with Crippen LogP contribution < -0.4 is 24.0 Å². The molecule has 2 aliphatic heterocycles. The van der Waals surface area contributed by atoms with Crippen LogP contribution in [0.4, 0.5) is 30.4 Å². The SMILES string of the molecule is CN(c1ccc(OC[C@@]2(C)Cn3cc([N+](=O)[O-])nc3O2)cc1)C1CCN(c2ccc(OC(F)(F)F)cc2)CC1. The Hall–Kier alpha value is -4.16. The highest BCUT2D eigenvalue weighted by atomic mass is 19.4. The normalized spacial score (nSPS) is 19.4. The molecule has 13 heteroatoms. The van der Waals surface area contributed by atoms with Crippen LogP contribution in [0.25, 0.3) is 0 Å². The Morgan fingerprint density at radius 2 is 1.77 bits per heavy atom. The highest BCUT2D eigenvalue weighted by molar-refractivity contribution is 5.52. The highest BCUT2D eigenvalue weighted by Gasteiger charge is 2.41. The average molecular weight is 548 g/mol. The van der Waals surface area contributed by atoms with E-state index in [2.05, 4.69) is 19.5 Å². The van der Waals surface area contributed by atoms with Gasteiger partial charge in [0.05, 0.1) is 6.54 Å². The van der Waals surface area contributed by atoms with Gasteiger partial charge in [-0.1, -0.05) is 0 Å². The standard InChI is InChI=1S/C26H28F3N5O5/c1-25(16-33-15-23(34(35)36)30-24(33)39-25)17-37-21-7-3-18(4-8-21)31(2)19-11-13-32(14-12-19)20-5-9-22(10-6-20)38-26(27,28)29/h3-10,15,19H,11-14,16-17H2,1-2H3/t25-/m1/s1. The van der Waals surface area contributed by atoms with Gasteiger partial charge in [-0.2, -0.15) is 0 Å². The van der Waals surface area contributed by atoms with Gasteiger partial charge in [0, 0.05) is 42.5 Å². The van der Waals surface area contributed by atoms with Crippen LogP contribution in [0, 0.1) is 10.1 Å². The Kier molecular flexibility index (Phi) is 6.91. The number of imidazole rings is 1. The first-order chi connectivity index (χ1) is 18.5. The highest BCUT2D eigenvalue weighted by Crippen LogP contribution is 2.32. The molecule has 39 heavy (non-hydrogen) atoms. The van der Waals surface area contributed by atoms with Crippen LogP contribution in [-0.2, 0) is 6.54 Å². The molecule has 2 aromatic carbocycles. The number of rotatable bonds is 8. The summed E-state index contributed by atoms with van der Waals surface area (Å²) in [5.41, 5.74) is 1.23. The summed E-state index contributed by atoms with van der Waals surface area (Å²) in [6.07, 6.45) is -1.54. The number of benzene rings is 2. The van der Waals surface area contributed by atoms with E-state index in [0.717, 1.165) is 37.3 Å². The summed E-state index contributed by atoms with van der Waals surface area (Å²) in [6, 6.07) is 14.3. The number of fused-ring (bicyclic) bond motifs is 1. The van der Waals surface area contributed by atoms with Crippen LogP contribution in [0.3, 0.4) is 0 Å². The van der Waals surface area contributed by atoms with Crippen molar-refractivity contribution in [1.29, 1.82) is 0 Å². The molecule has 0 spiro atoms. The predicted octanol–water partition coefficient (Wildman–Crippen LogP) is 5.03. The quantitative estimate of drug-likeness (QED) is 0.287. The van der Waals surface area contributed by atoms with E-state index in [4.69, 9.17) is 9.47 Å². The van der Waals surface area contributed by atoms with Gasteiger partial charge in [-0.3, -0.25) is 4.57 Å². The Bertz CT molecular complexity index is 1280. The van der Waals surface area contributed by atoms with Crippen molar-refractivity contribution >= 4 is 17.2 Å². The Balaban J connectivity index is 1.10. The second-order valence-electron chi connectivity index (χ2n) is 9.97. The minimum atomic E-state index is -4.70. The molecule has 208 valence electrons. The molecule has 0 bridgehead atoms. The van der Waals surface area contributed by atoms with Crippen LogP contribution in [-0.4, -0.2) is 59.2 Å². The van der Waals surface area contributed by atoms with Crippen molar-refractivity contribution in [2.45, 2.75) is 44.3 Å². The summed E-state index contributed by atoms with van der Waals surface area (Å²) in [4.78, 5) is 18.6. The van der Waals surface area contributed by atoms with Gasteiger partial charge < -0.3 is 34.1 Å². The Labute approximate surface area is 222 Å². The fourth-order valence-corrected chi connectivity index (χ4v) is 4.95. The van der Waals surface area contributed by atoms with Crippen molar-refractivity contribution in [2.75, 3.05) is 36.5 Å². The third-order valence-corrected chi connectivity index (χ3v) is 6.99. The average Bonchev–Trinajstić information content (AvgIpc) is 3.43. The molecule has 0 unspecified atom stereocenters. The molecule has 2 aliphatic rings. The van der Waals surface area contributed by atoms with Gasteiger partial charge in [-0.05, 0) is 73.2 Å². The monoisotopic (exact) mass is 547 g/mol. The maximum Gasteiger partial charge on any atom is 0.573 e. The van der Waals surface area contributed by atoms with Crippen molar-refractivity contribution in [1.82, 2.24) is 9.55 Å². The van der Waals surface area contributed by atoms with Crippen LogP contribution in [0.15, 0.2) is 54.7 Å². The molecule has 3 aromatic rings. The first-order valence-corrected chi connectivity index (χ1v) is 12.5. The molecule has 0 saturated carbocycles. The third-order valence-electron chi connectivity index (χ3n) is 6.99. The van der Waals surface area contributed by atoms with Crippen LogP contribution in [0.2, 0.25) is 0 Å². The lowest BCUT2D eigenvalue weighted by atomic mass is 10.0. The number of hydrogen-bond donors (Lipinski definition) is 0. The Morgan fingerprint density at radius 1 is 1.13 bits per heavy atom. The van der Waals surface area contributed by atoms with E-state index < -0.39 is 16.9 Å². The number of nitrogens with zero attached hydrogens (tertiary/aromatic N) is 5. The number of alkyl halides is 3. The summed E-state index contributed by atoms with van der Waals surface area (Å²) in [5.74, 6) is 0.212. The lowest BCUT2D eigenvalue weighted by Crippen LogP contribution is -2.43. The Morgan fingerprint density at radius 3 is 2.36 bits per heavy atom. The van der Waals surface area contributed by atoms with Gasteiger partial charge in [0.15, 0.2) is 5.60 Å². The zero-order valence-electron chi connectivity index (χ0n) is 21.4. The van der Waals surface area contributed by atoms with Crippen molar-refractivity contribution in [3.05, 3.63) is 64.8 Å². The summed E-state index contributed by atoms with van der Waals surface area (Å²) in [7, 11) is 2.05. The minimum absolute atomic E-state index is 0.211. The smallest absolute Gasteiger partial charge is 0.489 e. The van der Waals surface area contributed by atoms with E-state index in [1.807, 2.05) is 38.2 Å². The van der Waals surface area contributed by atoms with E-state index in [-0.39, 0.29) is 24.2 Å². The molecule has 5 rings (SSSR count). The first-order valence-electron chi connectivity index (χ1n) is 12.5. The second kappa shape index (κ2) is 10.2. The lowest BCUT2D eigenvalue weighted by Gasteiger charge is -2.39. The van der Waals surface area contributed by atoms with Crippen molar-refractivity contribution in [3.63, 3.8) is 0 Å². The molecule has 0 N–H and O–H groups in total. The van der Waals surface area contributed by atoms with Crippen molar-refractivity contribution < 1.29 is 32.3 Å². The number of hydrogen-bond acceptors (Lipinski definition) is 8. The van der Waals surface area contributed by atoms with E-state index in [9.17, 15) is 23.3 Å². The summed E-state index contributed by atoms with van der Waals surface area (Å²) < 4.78 is 54.5. The van der Waals surface area contributed by atoms with Crippen molar-refractivity contribution in [3.8, 4) is 17.5 Å². The summed E-state index contributed by atoms with van der Waals surface area (Å²) in [6.45, 7) is 4.09. The molecule has 10 nitrogen and oxygen atoms in total. The molecular formula is C26H28F3N5O5. The molecule has 0 radical (unpaired) electrons. The summed E-state index contributed by atoms with van der Waals surface area (Å²) in [5, 5.41) is 10.9. The fraction of sp³-hybridized carbons (Fsp3) is 0.423. The van der Waals surface area contributed by atoms with E-state index in [1.165, 1.54) is 18.3 Å². The molecule has 1 saturated heterocycles. The van der Waals surface area contributed by atoms with Gasteiger partial charge >= 0.3 is 18.2 Å². The van der Waals surface area contributed by atoms with E-state index in [1.54, 1.807) is 16.7 Å². The molecule has 1 fully saturated rings. The zero-order valence-corrected chi connectivity index (χ0v) is 21.4. The first kappa shape index (κ1) is 26.4. The van der Waals surface area contributed by atoms with Crippen LogP contribution in [0.5, 0.6) is 17.5 Å². The van der Waals surface area contributed by atoms with Gasteiger partial charge in [-0.15, -0.1) is 13.2 Å². The molecule has 3 heterocycles. The maximum absolute atomic E-state index is 12.4. The second-order valence-corrected chi connectivity index (χ2v) is 9.97. The number of halogens is 3. The van der Waals surface area contributed by atoms with Gasteiger partial charge in [0.1, 0.15) is 24.3 Å². The van der Waals surface area contributed by atoms with Crippen molar-refractivity contribution in [2.24, 2.45) is 0 Å². The molecule has 1 aromatic heterocycles. The van der Waals surface area contributed by atoms with Crippen LogP contribution in [0.1, 0.15) is 19.8 Å². The molecule has 0 amide bonds. The van der Waals surface area contributed by atoms with Gasteiger partial charge in [0.2, 0.25) is 0 Å². The topological polar surface area (TPSA) is 95.1 Å². The predicted molar refractivity (Wildman–Crippen MR) is 137 cm³/mol. The number of ether oxygens (including phenoxy) is 3. The summed E-state index contributed by atoms with van der Waals surface area (Å²) >= 11 is 0. The van der Waals surface area contributed by atoms with E-state index >= 15 is 0 Å². The number of nitro groups is 1. The maximum atomic E-state index is 12.4. The third kappa shape index (κ3) is 6.13.